The molecule has 3 heteroatoms. The molecule has 0 N–H and O–H groups in total. The Labute approximate surface area is 136 Å². The molecule has 2 rings (SSSR count). The molecule has 0 amide bonds. The third-order valence-electron chi connectivity index (χ3n) is 2.66. The van der Waals surface area contributed by atoms with Crippen molar-refractivity contribution in [1.82, 2.24) is 0 Å². The summed E-state index contributed by atoms with van der Waals surface area (Å²) in [6.45, 7) is 0.878. The maximum Gasteiger partial charge on any atom is 0.133 e. The molecule has 3 nitrogen and oxygen atoms in total. The van der Waals surface area contributed by atoms with E-state index in [1.807, 2.05) is 60.7 Å². The zero-order chi connectivity index (χ0) is 16.0. The van der Waals surface area contributed by atoms with E-state index in [1.54, 1.807) is 12.2 Å². The molecule has 2 aromatic carbocycles. The van der Waals surface area contributed by atoms with E-state index < -0.39 is 0 Å². The smallest absolute Gasteiger partial charge is 0.133 e. The van der Waals surface area contributed by atoms with Gasteiger partial charge in [0.25, 0.3) is 0 Å². The number of hydrogen-bond donors (Lipinski definition) is 0. The van der Waals surface area contributed by atoms with Crippen LogP contribution >= 0.6 is 0 Å². The van der Waals surface area contributed by atoms with Crippen molar-refractivity contribution in [2.24, 2.45) is 0 Å². The fourth-order valence-corrected chi connectivity index (χ4v) is 1.61. The monoisotopic (exact) mass is 306 g/mol. The molecule has 0 atom stereocenters. The van der Waals surface area contributed by atoms with E-state index in [0.717, 1.165) is 11.5 Å². The Bertz CT molecular complexity index is 616. The first-order valence-electron chi connectivity index (χ1n) is 7.25. The summed E-state index contributed by atoms with van der Waals surface area (Å²) in [5.74, 6) is 1.65. The van der Waals surface area contributed by atoms with Gasteiger partial charge in [-0.15, -0.1) is 0 Å². The molecule has 0 aliphatic rings. The minimum Gasteiger partial charge on any atom is -0.489 e. The molecular formula is C20H18O3. The summed E-state index contributed by atoms with van der Waals surface area (Å²) in [5, 5.41) is 0. The van der Waals surface area contributed by atoms with Gasteiger partial charge in [-0.25, -0.2) is 0 Å². The molecule has 0 spiro atoms. The highest BCUT2D eigenvalue weighted by atomic mass is 16.5. The van der Waals surface area contributed by atoms with Crippen molar-refractivity contribution in [3.63, 3.8) is 0 Å². The van der Waals surface area contributed by atoms with Crippen molar-refractivity contribution in [3.05, 3.63) is 96.8 Å². The number of benzene rings is 2. The van der Waals surface area contributed by atoms with Gasteiger partial charge in [-0.2, -0.15) is 0 Å². The molecule has 0 heterocycles. The van der Waals surface area contributed by atoms with Gasteiger partial charge in [-0.05, 0) is 36.4 Å². The molecule has 0 aromatic heterocycles. The molecule has 2 aromatic rings. The predicted molar refractivity (Wildman–Crippen MR) is 90.3 cm³/mol. The first-order chi connectivity index (χ1) is 11.4. The Kier molecular flexibility index (Phi) is 7.48. The van der Waals surface area contributed by atoms with E-state index in [4.69, 9.17) is 14.2 Å². The highest BCUT2D eigenvalue weighted by Gasteiger charge is 1.87. The van der Waals surface area contributed by atoms with Crippen LogP contribution in [0.1, 0.15) is 0 Å². The van der Waals surface area contributed by atoms with E-state index in [0.29, 0.717) is 13.2 Å². The third-order valence-corrected chi connectivity index (χ3v) is 2.66. The normalized spacial score (nSPS) is 8.87. The number of rotatable bonds is 8. The molecule has 0 saturated carbocycles. The fourth-order valence-electron chi connectivity index (χ4n) is 1.61. The van der Waals surface area contributed by atoms with Crippen LogP contribution in [0, 0.1) is 0 Å². The van der Waals surface area contributed by atoms with Gasteiger partial charge in [0.1, 0.15) is 37.2 Å². The van der Waals surface area contributed by atoms with Crippen molar-refractivity contribution in [1.29, 1.82) is 0 Å². The molecule has 0 aliphatic carbocycles. The predicted octanol–water partition coefficient (Wildman–Crippen LogP) is 4.50. The van der Waals surface area contributed by atoms with Crippen LogP contribution in [-0.2, 0) is 4.74 Å². The molecule has 0 bridgehead atoms. The van der Waals surface area contributed by atoms with Crippen LogP contribution in [0.3, 0.4) is 0 Å². The quantitative estimate of drug-likeness (QED) is 0.531. The average Bonchev–Trinajstić information content (AvgIpc) is 2.61. The highest BCUT2D eigenvalue weighted by molar-refractivity contribution is 5.21. The zero-order valence-electron chi connectivity index (χ0n) is 12.7. The number of hydrogen-bond acceptors (Lipinski definition) is 3. The van der Waals surface area contributed by atoms with Crippen LogP contribution < -0.4 is 9.47 Å². The van der Waals surface area contributed by atoms with Crippen LogP contribution in [0.25, 0.3) is 0 Å². The third kappa shape index (κ3) is 7.45. The summed E-state index contributed by atoms with van der Waals surface area (Å²) >= 11 is 0. The highest BCUT2D eigenvalue weighted by Crippen LogP contribution is 2.08. The van der Waals surface area contributed by atoms with Crippen molar-refractivity contribution < 1.29 is 14.2 Å². The average molecular weight is 306 g/mol. The zero-order valence-corrected chi connectivity index (χ0v) is 12.7. The van der Waals surface area contributed by atoms with Crippen LogP contribution in [0.2, 0.25) is 0 Å². The molecule has 23 heavy (non-hydrogen) atoms. The van der Waals surface area contributed by atoms with Crippen LogP contribution in [-0.4, -0.2) is 13.2 Å². The Hall–Kier alpha value is -3.12. The first-order valence-corrected chi connectivity index (χ1v) is 7.25. The lowest BCUT2D eigenvalue weighted by molar-refractivity contribution is 0.361. The second kappa shape index (κ2) is 10.6. The van der Waals surface area contributed by atoms with Crippen molar-refractivity contribution >= 4 is 0 Å². The molecule has 0 fully saturated rings. The van der Waals surface area contributed by atoms with Crippen molar-refractivity contribution in [2.45, 2.75) is 0 Å². The van der Waals surface area contributed by atoms with Crippen LogP contribution in [0.5, 0.6) is 11.5 Å². The van der Waals surface area contributed by atoms with Gasteiger partial charge in [0.15, 0.2) is 0 Å². The maximum atomic E-state index is 5.47. The van der Waals surface area contributed by atoms with Crippen molar-refractivity contribution in [3.8, 4) is 11.5 Å². The molecular weight excluding hydrogens is 288 g/mol. The van der Waals surface area contributed by atoms with E-state index in [-0.39, 0.29) is 0 Å². The summed E-state index contributed by atoms with van der Waals surface area (Å²) < 4.78 is 16.0. The fraction of sp³-hybridized carbons (Fsp3) is 0.100. The lowest BCUT2D eigenvalue weighted by Crippen LogP contribution is -1.91. The standard InChI is InChI=1S/C20H18O3/c1-3-11-19(12-4-1)22-17-9-7-15-21-16-8-10-18-23-20-13-5-2-6-14-20/h1-6,9-16H,17-18H2. The van der Waals surface area contributed by atoms with Gasteiger partial charge < -0.3 is 14.2 Å². The van der Waals surface area contributed by atoms with Gasteiger partial charge in [0.05, 0.1) is 0 Å². The minimum absolute atomic E-state index is 0.439. The molecule has 0 saturated heterocycles. The van der Waals surface area contributed by atoms with Gasteiger partial charge in [0.2, 0.25) is 0 Å². The largest absolute Gasteiger partial charge is 0.489 e. The summed E-state index contributed by atoms with van der Waals surface area (Å²) in [6.07, 6.45) is 6.35. The van der Waals surface area contributed by atoms with E-state index >= 15 is 0 Å². The second-order valence-electron chi connectivity index (χ2n) is 4.36. The Balaban J connectivity index is 1.60. The molecule has 0 unspecified atom stereocenters. The number of ether oxygens (including phenoxy) is 3. The summed E-state index contributed by atoms with van der Waals surface area (Å²) in [5.41, 5.74) is 5.72. The maximum absolute atomic E-state index is 5.47. The van der Waals surface area contributed by atoms with E-state index in [9.17, 15) is 0 Å². The Morgan fingerprint density at radius 3 is 1.52 bits per heavy atom. The topological polar surface area (TPSA) is 27.7 Å². The van der Waals surface area contributed by atoms with Gasteiger partial charge in [0, 0.05) is 0 Å². The van der Waals surface area contributed by atoms with Crippen LogP contribution in [0.15, 0.2) is 96.8 Å². The second-order valence-corrected chi connectivity index (χ2v) is 4.36. The van der Waals surface area contributed by atoms with Crippen molar-refractivity contribution in [2.75, 3.05) is 13.2 Å². The number of para-hydroxylation sites is 2. The summed E-state index contributed by atoms with van der Waals surface area (Å²) in [4.78, 5) is 0. The first kappa shape index (κ1) is 16.3. The van der Waals surface area contributed by atoms with E-state index in [2.05, 4.69) is 11.5 Å². The lowest BCUT2D eigenvalue weighted by Gasteiger charge is -2.00. The molecule has 0 radical (unpaired) electrons. The summed E-state index contributed by atoms with van der Waals surface area (Å²) in [6, 6.07) is 19.2. The van der Waals surface area contributed by atoms with Gasteiger partial charge in [-0.3, -0.25) is 0 Å². The van der Waals surface area contributed by atoms with Gasteiger partial charge >= 0.3 is 0 Å². The molecule has 0 aliphatic heterocycles. The van der Waals surface area contributed by atoms with Gasteiger partial charge in [-0.1, -0.05) is 47.9 Å². The Morgan fingerprint density at radius 1 is 0.652 bits per heavy atom. The van der Waals surface area contributed by atoms with E-state index in [1.165, 1.54) is 12.5 Å². The summed E-state index contributed by atoms with van der Waals surface area (Å²) in [7, 11) is 0. The lowest BCUT2D eigenvalue weighted by atomic mass is 10.3. The Morgan fingerprint density at radius 2 is 1.09 bits per heavy atom. The van der Waals surface area contributed by atoms with Crippen LogP contribution in [0.4, 0.5) is 0 Å². The minimum atomic E-state index is 0.439. The molecule has 116 valence electrons. The SMILES string of the molecule is C(=CCOc1ccccc1)=COC=C=CCOc1ccccc1.